The summed E-state index contributed by atoms with van der Waals surface area (Å²) in [4.78, 5) is 4.61. The molecule has 120 valence electrons. The molecule has 0 amide bonds. The monoisotopic (exact) mass is 304 g/mol. The van der Waals surface area contributed by atoms with Crippen molar-refractivity contribution < 1.29 is 4.74 Å². The Labute approximate surface area is 130 Å². The molecule has 1 unspecified atom stereocenters. The van der Waals surface area contributed by atoms with Crippen LogP contribution in [0.4, 0.5) is 0 Å². The average Bonchev–Trinajstić information content (AvgIpc) is 3.11. The van der Waals surface area contributed by atoms with Crippen molar-refractivity contribution in [3.05, 3.63) is 29.6 Å². The van der Waals surface area contributed by atoms with Crippen LogP contribution >= 0.6 is 0 Å². The van der Waals surface area contributed by atoms with Crippen LogP contribution in [0.2, 0.25) is 0 Å². The van der Waals surface area contributed by atoms with E-state index >= 15 is 0 Å². The van der Waals surface area contributed by atoms with E-state index in [2.05, 4.69) is 40.5 Å². The van der Waals surface area contributed by atoms with E-state index in [0.29, 0.717) is 12.6 Å². The zero-order valence-electron chi connectivity index (χ0n) is 13.5. The van der Waals surface area contributed by atoms with Crippen LogP contribution in [0.1, 0.15) is 56.0 Å². The molecule has 22 heavy (non-hydrogen) atoms. The third kappa shape index (κ3) is 3.20. The van der Waals surface area contributed by atoms with Crippen molar-refractivity contribution in [3.8, 4) is 0 Å². The highest BCUT2D eigenvalue weighted by Crippen LogP contribution is 2.23. The Morgan fingerprint density at radius 1 is 1.45 bits per heavy atom. The lowest BCUT2D eigenvalue weighted by molar-refractivity contribution is 0.177. The van der Waals surface area contributed by atoms with Crippen LogP contribution in [0, 0.1) is 0 Å². The summed E-state index contributed by atoms with van der Waals surface area (Å²) in [6, 6.07) is 0.636. The summed E-state index contributed by atoms with van der Waals surface area (Å²) in [5.41, 5.74) is 1.20. The number of ether oxygens (including phenoxy) is 1. The minimum atomic E-state index is 0.245. The van der Waals surface area contributed by atoms with Crippen LogP contribution < -0.4 is 5.32 Å². The predicted molar refractivity (Wildman–Crippen MR) is 82.2 cm³/mol. The highest BCUT2D eigenvalue weighted by molar-refractivity contribution is 5.07. The minimum absolute atomic E-state index is 0.245. The van der Waals surface area contributed by atoms with Crippen LogP contribution in [0.3, 0.4) is 0 Å². The molecule has 1 aliphatic heterocycles. The summed E-state index contributed by atoms with van der Waals surface area (Å²) in [7, 11) is 1.67. The number of hydrogen-bond acceptors (Lipinski definition) is 5. The zero-order valence-corrected chi connectivity index (χ0v) is 13.5. The maximum Gasteiger partial charge on any atom is 0.176 e. The molecule has 0 saturated heterocycles. The van der Waals surface area contributed by atoms with Crippen molar-refractivity contribution >= 4 is 0 Å². The van der Waals surface area contributed by atoms with Crippen LogP contribution in [0.5, 0.6) is 0 Å². The molecule has 2 aromatic rings. The van der Waals surface area contributed by atoms with Gasteiger partial charge in [-0.15, -0.1) is 0 Å². The molecular weight excluding hydrogens is 280 g/mol. The van der Waals surface area contributed by atoms with Gasteiger partial charge in [-0.05, 0) is 26.7 Å². The van der Waals surface area contributed by atoms with E-state index in [0.717, 1.165) is 37.6 Å². The second kappa shape index (κ2) is 6.58. The summed E-state index contributed by atoms with van der Waals surface area (Å²) >= 11 is 0. The van der Waals surface area contributed by atoms with Crippen molar-refractivity contribution in [3.63, 3.8) is 0 Å². The fourth-order valence-corrected chi connectivity index (χ4v) is 2.78. The number of rotatable bonds is 6. The number of aromatic nitrogens is 5. The first-order valence-corrected chi connectivity index (χ1v) is 7.86. The topological polar surface area (TPSA) is 69.8 Å². The Morgan fingerprint density at radius 3 is 3.05 bits per heavy atom. The average molecular weight is 304 g/mol. The number of nitrogens with one attached hydrogen (secondary N) is 1. The van der Waals surface area contributed by atoms with Crippen LogP contribution in [-0.2, 0) is 24.4 Å². The van der Waals surface area contributed by atoms with Crippen LogP contribution in [0.25, 0.3) is 0 Å². The first-order valence-electron chi connectivity index (χ1n) is 7.86. The molecule has 0 saturated carbocycles. The fraction of sp³-hybridized carbons (Fsp3) is 0.667. The van der Waals surface area contributed by atoms with Crippen LogP contribution in [0.15, 0.2) is 12.4 Å². The Kier molecular flexibility index (Phi) is 4.54. The molecule has 1 aliphatic rings. The summed E-state index contributed by atoms with van der Waals surface area (Å²) in [6.45, 7) is 6.46. The Bertz CT molecular complexity index is 617. The molecular formula is C15H24N6O. The van der Waals surface area contributed by atoms with E-state index in [-0.39, 0.29) is 6.04 Å². The van der Waals surface area contributed by atoms with Gasteiger partial charge in [-0.1, -0.05) is 0 Å². The maximum atomic E-state index is 5.13. The SMILES string of the molecule is COCc1nc2n(n1)CCCC2NCc1cnn(C(C)C)c1. The lowest BCUT2D eigenvalue weighted by Gasteiger charge is -2.22. The van der Waals surface area contributed by atoms with Gasteiger partial charge in [-0.25, -0.2) is 9.67 Å². The van der Waals surface area contributed by atoms with Gasteiger partial charge in [0.15, 0.2) is 5.82 Å². The largest absolute Gasteiger partial charge is 0.377 e. The smallest absolute Gasteiger partial charge is 0.176 e. The fourth-order valence-electron chi connectivity index (χ4n) is 2.78. The van der Waals surface area contributed by atoms with Gasteiger partial charge in [0.2, 0.25) is 0 Å². The van der Waals surface area contributed by atoms with E-state index in [1.165, 1.54) is 5.56 Å². The van der Waals surface area contributed by atoms with Gasteiger partial charge < -0.3 is 10.1 Å². The summed E-state index contributed by atoms with van der Waals surface area (Å²) in [5, 5.41) is 12.5. The van der Waals surface area contributed by atoms with Gasteiger partial charge in [-0.3, -0.25) is 4.68 Å². The number of fused-ring (bicyclic) bond motifs is 1. The molecule has 0 fully saturated rings. The first-order chi connectivity index (χ1) is 10.7. The molecule has 0 aliphatic carbocycles. The van der Waals surface area contributed by atoms with Gasteiger partial charge in [0.25, 0.3) is 0 Å². The molecule has 1 N–H and O–H groups in total. The molecule has 0 spiro atoms. The zero-order chi connectivity index (χ0) is 15.5. The van der Waals surface area contributed by atoms with Gasteiger partial charge in [0.05, 0.1) is 12.2 Å². The predicted octanol–water partition coefficient (Wildman–Crippen LogP) is 1.83. The molecule has 1 atom stereocenters. The van der Waals surface area contributed by atoms with Gasteiger partial charge in [0, 0.05) is 38.0 Å². The highest BCUT2D eigenvalue weighted by atomic mass is 16.5. The molecule has 0 bridgehead atoms. The van der Waals surface area contributed by atoms with E-state index in [9.17, 15) is 0 Å². The Hall–Kier alpha value is -1.73. The summed E-state index contributed by atoms with van der Waals surface area (Å²) < 4.78 is 9.12. The number of hydrogen-bond donors (Lipinski definition) is 1. The maximum absolute atomic E-state index is 5.13. The second-order valence-corrected chi connectivity index (χ2v) is 6.04. The molecule has 3 heterocycles. The summed E-state index contributed by atoms with van der Waals surface area (Å²) in [6.07, 6.45) is 6.23. The third-order valence-corrected chi connectivity index (χ3v) is 3.93. The molecule has 7 nitrogen and oxygen atoms in total. The second-order valence-electron chi connectivity index (χ2n) is 6.04. The molecule has 7 heteroatoms. The van der Waals surface area contributed by atoms with E-state index in [4.69, 9.17) is 4.74 Å². The lowest BCUT2D eigenvalue weighted by Crippen LogP contribution is -2.28. The normalized spacial score (nSPS) is 17.9. The Balaban J connectivity index is 1.66. The highest BCUT2D eigenvalue weighted by Gasteiger charge is 2.23. The Morgan fingerprint density at radius 2 is 2.32 bits per heavy atom. The quantitative estimate of drug-likeness (QED) is 0.881. The standard InChI is InChI=1S/C15H24N6O/c1-11(2)21-9-12(8-17-21)7-16-13-5-4-6-20-15(13)18-14(19-20)10-22-3/h8-9,11,13,16H,4-7,10H2,1-3H3. The van der Waals surface area contributed by atoms with Crippen molar-refractivity contribution in [2.24, 2.45) is 0 Å². The molecule has 3 rings (SSSR count). The number of aryl methyl sites for hydroxylation is 1. The van der Waals surface area contributed by atoms with Crippen molar-refractivity contribution in [1.29, 1.82) is 0 Å². The molecule has 2 aromatic heterocycles. The number of nitrogens with zero attached hydrogens (tertiary/aromatic N) is 5. The third-order valence-electron chi connectivity index (χ3n) is 3.93. The van der Waals surface area contributed by atoms with Gasteiger partial charge >= 0.3 is 0 Å². The minimum Gasteiger partial charge on any atom is -0.377 e. The van der Waals surface area contributed by atoms with Crippen molar-refractivity contribution in [2.75, 3.05) is 7.11 Å². The van der Waals surface area contributed by atoms with E-state index < -0.39 is 0 Å². The first kappa shape index (κ1) is 15.2. The summed E-state index contributed by atoms with van der Waals surface area (Å²) in [5.74, 6) is 1.79. The lowest BCUT2D eigenvalue weighted by atomic mass is 10.1. The van der Waals surface area contributed by atoms with Gasteiger partial charge in [0.1, 0.15) is 12.4 Å². The van der Waals surface area contributed by atoms with Gasteiger partial charge in [-0.2, -0.15) is 10.2 Å². The number of methoxy groups -OCH3 is 1. The van der Waals surface area contributed by atoms with Crippen LogP contribution in [-0.4, -0.2) is 31.7 Å². The van der Waals surface area contributed by atoms with E-state index in [1.807, 2.05) is 15.6 Å². The molecule has 0 aromatic carbocycles. The molecule has 0 radical (unpaired) electrons. The van der Waals surface area contributed by atoms with Crippen molar-refractivity contribution in [1.82, 2.24) is 29.9 Å². The van der Waals surface area contributed by atoms with E-state index in [1.54, 1.807) is 7.11 Å². The van der Waals surface area contributed by atoms with Crippen molar-refractivity contribution in [2.45, 2.75) is 58.5 Å².